The van der Waals surface area contributed by atoms with E-state index in [2.05, 4.69) is 115 Å². The quantitative estimate of drug-likeness (QED) is 0.178. The zero-order valence-electron chi connectivity index (χ0n) is 20.5. The van der Waals surface area contributed by atoms with Crippen LogP contribution in [0.1, 0.15) is 13.8 Å². The van der Waals surface area contributed by atoms with Crippen molar-refractivity contribution < 1.29 is 26.5 Å². The number of esters is 1. The molecule has 35 heavy (non-hydrogen) atoms. The van der Waals surface area contributed by atoms with Crippen molar-refractivity contribution in [2.24, 2.45) is 0 Å². The van der Waals surface area contributed by atoms with Crippen LogP contribution in [0, 0.1) is 0 Å². The predicted molar refractivity (Wildman–Crippen MR) is 148 cm³/mol. The van der Waals surface area contributed by atoms with Gasteiger partial charge in [0.15, 0.2) is 0 Å². The van der Waals surface area contributed by atoms with E-state index >= 15 is 0 Å². The fourth-order valence-corrected chi connectivity index (χ4v) is 7.97. The van der Waals surface area contributed by atoms with Crippen LogP contribution < -0.4 is 32.9 Å². The molecule has 0 spiro atoms. The first kappa shape index (κ1) is 28.2. The maximum atomic E-state index is 11.3. The van der Waals surface area contributed by atoms with Gasteiger partial charge in [0.25, 0.3) is 0 Å². The lowest BCUT2D eigenvalue weighted by Crippen LogP contribution is -3.00. The van der Waals surface area contributed by atoms with E-state index in [1.807, 2.05) is 19.1 Å². The molecule has 0 atom stereocenters. The monoisotopic (exact) mass is 546 g/mol. The van der Waals surface area contributed by atoms with Gasteiger partial charge in [0.05, 0.1) is 13.3 Å². The van der Waals surface area contributed by atoms with E-state index in [1.165, 1.54) is 34.7 Å². The maximum absolute atomic E-state index is 11.3. The maximum Gasteiger partial charge on any atom is 0.330 e. The molecule has 0 radical (unpaired) electrons. The van der Waals surface area contributed by atoms with E-state index in [4.69, 9.17) is 0 Å². The van der Waals surface area contributed by atoms with Crippen molar-refractivity contribution >= 4 is 29.1 Å². The Bertz CT molecular complexity index is 1080. The van der Waals surface area contributed by atoms with Crippen molar-refractivity contribution in [3.63, 3.8) is 0 Å². The molecular formula is C31H32BrO2P. The first-order chi connectivity index (χ1) is 16.6. The highest BCUT2D eigenvalue weighted by molar-refractivity contribution is 7.95. The molecule has 3 rings (SSSR count). The summed E-state index contributed by atoms with van der Waals surface area (Å²) in [5.74, 6) is -0.351. The van der Waals surface area contributed by atoms with Gasteiger partial charge in [0.1, 0.15) is 23.2 Å². The molecule has 0 aromatic heterocycles. The Morgan fingerprint density at radius 3 is 1.60 bits per heavy atom. The van der Waals surface area contributed by atoms with Crippen molar-refractivity contribution in [3.05, 3.63) is 139 Å². The van der Waals surface area contributed by atoms with Crippen LogP contribution in [0.15, 0.2) is 139 Å². The van der Waals surface area contributed by atoms with Crippen LogP contribution in [0.25, 0.3) is 0 Å². The average Bonchev–Trinajstić information content (AvgIpc) is 2.89. The van der Waals surface area contributed by atoms with Crippen LogP contribution >= 0.6 is 7.26 Å². The first-order valence-electron chi connectivity index (χ1n) is 11.4. The number of allylic oxidation sites excluding steroid dienone is 7. The predicted octanol–water partition coefficient (Wildman–Crippen LogP) is 3.16. The van der Waals surface area contributed by atoms with Crippen LogP contribution in [-0.4, -0.2) is 19.2 Å². The number of carbonyl (C=O) groups is 1. The molecular weight excluding hydrogens is 515 g/mol. The lowest BCUT2D eigenvalue weighted by atomic mass is 10.2. The number of hydrogen-bond donors (Lipinski definition) is 0. The smallest absolute Gasteiger partial charge is 0.330 e. The molecule has 0 N–H and O–H groups in total. The van der Waals surface area contributed by atoms with Gasteiger partial charge in [0, 0.05) is 6.08 Å². The number of ether oxygens (including phenoxy) is 1. The molecule has 0 fully saturated rings. The second kappa shape index (κ2) is 14.4. The summed E-state index contributed by atoms with van der Waals surface area (Å²) in [5.41, 5.74) is 2.18. The summed E-state index contributed by atoms with van der Waals surface area (Å²) in [6.45, 7) is 4.10. The minimum atomic E-state index is -1.87. The van der Waals surface area contributed by atoms with E-state index in [-0.39, 0.29) is 23.0 Å². The van der Waals surface area contributed by atoms with Crippen molar-refractivity contribution in [3.8, 4) is 0 Å². The molecule has 4 heteroatoms. The van der Waals surface area contributed by atoms with Crippen LogP contribution in [0.5, 0.6) is 0 Å². The molecule has 3 aromatic rings. The molecule has 3 aromatic carbocycles. The number of methoxy groups -OCH3 is 1. The SMILES string of the molecule is COC(=O)C=CC(C)=CC=CC(C)=CC[P+](c1ccccc1)(c1ccccc1)c1ccccc1.[Br-]. The van der Waals surface area contributed by atoms with Crippen molar-refractivity contribution in [1.82, 2.24) is 0 Å². The van der Waals surface area contributed by atoms with Gasteiger partial charge < -0.3 is 21.7 Å². The molecule has 0 heterocycles. The first-order valence-corrected chi connectivity index (χ1v) is 13.4. The molecule has 0 aliphatic carbocycles. The highest BCUT2D eigenvalue weighted by atomic mass is 79.9. The second-order valence-corrected chi connectivity index (χ2v) is 11.6. The minimum absolute atomic E-state index is 0. The zero-order valence-corrected chi connectivity index (χ0v) is 23.0. The minimum Gasteiger partial charge on any atom is -1.00 e. The topological polar surface area (TPSA) is 26.3 Å². The standard InChI is InChI=1S/C31H32O2P.BrH/c1-26(22-23-31(32)33-3)14-13-15-27(2)24-25-34(28-16-7-4-8-17-28,29-18-9-5-10-19-29)30-20-11-6-12-21-30;/h4-24H,25H2,1-3H3;1H/q+1;/p-1. The van der Waals surface area contributed by atoms with Crippen LogP contribution in [-0.2, 0) is 9.53 Å². The number of hydrogen-bond acceptors (Lipinski definition) is 2. The summed E-state index contributed by atoms with van der Waals surface area (Å²) in [6.07, 6.45) is 12.6. The van der Waals surface area contributed by atoms with Crippen LogP contribution in [0.4, 0.5) is 0 Å². The van der Waals surface area contributed by atoms with Gasteiger partial charge in [0.2, 0.25) is 0 Å². The van der Waals surface area contributed by atoms with E-state index < -0.39 is 7.26 Å². The summed E-state index contributed by atoms with van der Waals surface area (Å²) < 4.78 is 4.64. The molecule has 0 saturated heterocycles. The Morgan fingerprint density at radius 1 is 0.714 bits per heavy atom. The number of halogens is 1. The van der Waals surface area contributed by atoms with Gasteiger partial charge >= 0.3 is 5.97 Å². The Kier molecular flexibility index (Phi) is 11.6. The molecule has 0 saturated carbocycles. The van der Waals surface area contributed by atoms with Gasteiger partial charge in [-0.3, -0.25) is 0 Å². The summed E-state index contributed by atoms with van der Waals surface area (Å²) in [6, 6.07) is 32.7. The fraction of sp³-hybridized carbons (Fsp3) is 0.129. The van der Waals surface area contributed by atoms with Gasteiger partial charge in [-0.25, -0.2) is 4.79 Å². The summed E-state index contributed by atoms with van der Waals surface area (Å²) >= 11 is 0. The number of carbonyl (C=O) groups excluding carboxylic acids is 1. The summed E-state index contributed by atoms with van der Waals surface area (Å²) in [7, 11) is -0.494. The second-order valence-electron chi connectivity index (χ2n) is 8.07. The van der Waals surface area contributed by atoms with E-state index in [0.717, 1.165) is 11.7 Å². The van der Waals surface area contributed by atoms with Gasteiger partial charge in [-0.1, -0.05) is 90.0 Å². The largest absolute Gasteiger partial charge is 1.00 e. The van der Waals surface area contributed by atoms with Gasteiger partial charge in [-0.2, -0.15) is 0 Å². The molecule has 2 nitrogen and oxygen atoms in total. The van der Waals surface area contributed by atoms with Crippen LogP contribution in [0.3, 0.4) is 0 Å². The molecule has 0 aliphatic heterocycles. The third-order valence-corrected chi connectivity index (χ3v) is 9.95. The third kappa shape index (κ3) is 7.75. The van der Waals surface area contributed by atoms with Crippen molar-refractivity contribution in [2.75, 3.05) is 13.3 Å². The van der Waals surface area contributed by atoms with Gasteiger partial charge in [-0.05, 0) is 56.3 Å². The molecule has 180 valence electrons. The van der Waals surface area contributed by atoms with Gasteiger partial charge in [-0.15, -0.1) is 0 Å². The highest BCUT2D eigenvalue weighted by Gasteiger charge is 2.44. The Balaban J connectivity index is 0.00000432. The van der Waals surface area contributed by atoms with Crippen molar-refractivity contribution in [1.29, 1.82) is 0 Å². The van der Waals surface area contributed by atoms with E-state index in [9.17, 15) is 4.79 Å². The molecule has 0 aliphatic rings. The summed E-state index contributed by atoms with van der Waals surface area (Å²) in [4.78, 5) is 11.3. The Labute approximate surface area is 220 Å². The Hall–Kier alpha value is -3.00. The van der Waals surface area contributed by atoms with Crippen LogP contribution in [0.2, 0.25) is 0 Å². The number of benzene rings is 3. The average molecular weight is 547 g/mol. The molecule has 0 amide bonds. The van der Waals surface area contributed by atoms with E-state index in [1.54, 1.807) is 6.08 Å². The lowest BCUT2D eigenvalue weighted by molar-refractivity contribution is -0.134. The fourth-order valence-electron chi connectivity index (χ4n) is 3.83. The van der Waals surface area contributed by atoms with Crippen molar-refractivity contribution in [2.45, 2.75) is 13.8 Å². The zero-order chi connectivity index (χ0) is 24.2. The lowest BCUT2D eigenvalue weighted by Gasteiger charge is -2.26. The molecule has 0 unspecified atom stereocenters. The highest BCUT2D eigenvalue weighted by Crippen LogP contribution is 2.55. The third-order valence-electron chi connectivity index (χ3n) is 5.68. The summed E-state index contributed by atoms with van der Waals surface area (Å²) in [5, 5.41) is 4.14. The molecule has 0 bridgehead atoms. The van der Waals surface area contributed by atoms with E-state index in [0.29, 0.717) is 0 Å². The Morgan fingerprint density at radius 2 is 1.17 bits per heavy atom. The normalized spacial score (nSPS) is 12.5. The number of rotatable bonds is 9.